The zero-order chi connectivity index (χ0) is 38.2. The van der Waals surface area contributed by atoms with Gasteiger partial charge in [0.05, 0.1) is 0 Å². The van der Waals surface area contributed by atoms with E-state index < -0.39 is 12.1 Å². The molecule has 0 bridgehead atoms. The molecule has 10 nitrogen and oxygen atoms in total. The fourth-order valence-electron chi connectivity index (χ4n) is 7.48. The topological polar surface area (TPSA) is 125 Å². The van der Waals surface area contributed by atoms with Crippen molar-refractivity contribution in [1.29, 1.82) is 0 Å². The van der Waals surface area contributed by atoms with Gasteiger partial charge in [-0.05, 0) is 68.6 Å². The molecule has 13 heteroatoms. The summed E-state index contributed by atoms with van der Waals surface area (Å²) in [6.07, 6.45) is 3.49. The minimum atomic E-state index is -0.913. The van der Waals surface area contributed by atoms with E-state index in [0.29, 0.717) is 33.5 Å². The van der Waals surface area contributed by atoms with E-state index in [1.807, 2.05) is 96.4 Å². The summed E-state index contributed by atoms with van der Waals surface area (Å²) in [6, 6.07) is 31.0. The monoisotopic (exact) mass is 792 g/mol. The van der Waals surface area contributed by atoms with Gasteiger partial charge < -0.3 is 15.1 Å². The Balaban J connectivity index is 1.09. The first-order chi connectivity index (χ1) is 27.4. The van der Waals surface area contributed by atoms with Gasteiger partial charge in [0, 0.05) is 58.7 Å². The Morgan fingerprint density at radius 1 is 0.643 bits per heavy atom. The second-order valence-corrected chi connectivity index (χ2v) is 16.2. The highest BCUT2D eigenvalue weighted by molar-refractivity contribution is 7.14. The summed E-state index contributed by atoms with van der Waals surface area (Å²) in [7, 11) is 0. The average Bonchev–Trinajstić information content (AvgIpc) is 4.08. The summed E-state index contributed by atoms with van der Waals surface area (Å²) < 4.78 is 0. The number of hydrogen-bond donors (Lipinski definition) is 2. The molecule has 0 aliphatic carbocycles. The molecule has 2 aliphatic rings. The molecule has 56 heavy (non-hydrogen) atoms. The van der Waals surface area contributed by atoms with Crippen LogP contribution in [0.1, 0.15) is 49.0 Å². The van der Waals surface area contributed by atoms with E-state index in [1.54, 1.807) is 50.4 Å². The number of hydrogen-bond acceptors (Lipinski definition) is 9. The van der Waals surface area contributed by atoms with Gasteiger partial charge in [-0.1, -0.05) is 78.9 Å². The van der Waals surface area contributed by atoms with Crippen molar-refractivity contribution < 1.29 is 19.2 Å². The van der Waals surface area contributed by atoms with Crippen LogP contribution >= 0.6 is 34.0 Å². The minimum absolute atomic E-state index is 0.192. The predicted octanol–water partition coefficient (Wildman–Crippen LogP) is 8.54. The van der Waals surface area contributed by atoms with Crippen LogP contribution in [0.15, 0.2) is 132 Å². The van der Waals surface area contributed by atoms with Gasteiger partial charge >= 0.3 is 0 Å². The van der Waals surface area contributed by atoms with Crippen molar-refractivity contribution in [3.05, 3.63) is 165 Å². The standard InChI is InChI=1S/C43H32N6O4S3/c50-38(46-42-44-15-18-55-42)35(48-24-29-11-4-5-13-31(29)40(48)52)21-26-8-6-12-28(20-26)32-22-30(36-14-7-17-54-36)23-33-34(32)25-49(41(33)53)37(27-9-2-1-3-10-27)39(51)47-43-45-16-19-56-43/h1-20,22-23,35,37H,21,24-25H2,(H,44,46,50)(H,45,47,51)/t35-,37+/m0/s1. The van der Waals surface area contributed by atoms with Gasteiger partial charge in [-0.2, -0.15) is 0 Å². The average molecular weight is 793 g/mol. The van der Waals surface area contributed by atoms with Crippen molar-refractivity contribution in [3.63, 3.8) is 0 Å². The molecular formula is C43H32N6O4S3. The molecule has 2 aliphatic heterocycles. The Hall–Kier alpha value is -6.28. The van der Waals surface area contributed by atoms with Gasteiger partial charge in [-0.15, -0.1) is 34.0 Å². The van der Waals surface area contributed by atoms with Crippen LogP contribution in [0.2, 0.25) is 0 Å². The first kappa shape index (κ1) is 35.4. The molecule has 0 spiro atoms. The Morgan fingerprint density at radius 2 is 1.36 bits per heavy atom. The van der Waals surface area contributed by atoms with Gasteiger partial charge in [-0.25, -0.2) is 9.97 Å². The minimum Gasteiger partial charge on any atom is -0.322 e. The Morgan fingerprint density at radius 3 is 2.07 bits per heavy atom. The Bertz CT molecular complexity index is 2580. The van der Waals surface area contributed by atoms with Crippen molar-refractivity contribution in [2.24, 2.45) is 0 Å². The van der Waals surface area contributed by atoms with E-state index in [-0.39, 0.29) is 36.6 Å². The lowest BCUT2D eigenvalue weighted by molar-refractivity contribution is -0.121. The largest absolute Gasteiger partial charge is 0.322 e. The van der Waals surface area contributed by atoms with Crippen molar-refractivity contribution in [2.75, 3.05) is 10.6 Å². The second-order valence-electron chi connectivity index (χ2n) is 13.4. The van der Waals surface area contributed by atoms with E-state index in [2.05, 4.69) is 26.7 Å². The lowest BCUT2D eigenvalue weighted by Crippen LogP contribution is -2.45. The summed E-state index contributed by atoms with van der Waals surface area (Å²) in [5, 5.41) is 12.3. The molecular weight excluding hydrogens is 761 g/mol. The maximum absolute atomic E-state index is 14.6. The number of thiazole rings is 2. The summed E-state index contributed by atoms with van der Waals surface area (Å²) in [5.74, 6) is -1.11. The van der Waals surface area contributed by atoms with Gasteiger partial charge in [-0.3, -0.25) is 24.5 Å². The van der Waals surface area contributed by atoms with Crippen molar-refractivity contribution in [1.82, 2.24) is 19.8 Å². The lowest BCUT2D eigenvalue weighted by atomic mass is 9.92. The van der Waals surface area contributed by atoms with Crippen LogP contribution in [0, 0.1) is 0 Å². The van der Waals surface area contributed by atoms with Crippen molar-refractivity contribution >= 4 is 67.9 Å². The smallest absolute Gasteiger partial charge is 0.255 e. The quantitative estimate of drug-likeness (QED) is 0.135. The van der Waals surface area contributed by atoms with Gasteiger partial charge in [0.1, 0.15) is 12.1 Å². The number of benzene rings is 4. The number of carbonyl (C=O) groups excluding carboxylic acids is 4. The Kier molecular flexibility index (Phi) is 9.55. The SMILES string of the molecule is O=C(Nc1nccs1)[C@H](Cc1cccc(-c2cc(-c3cccs3)cc3c2CN([C@@H](C(=O)Nc2nccs2)c2ccccc2)C3=O)c1)N1Cc2ccccc2C1=O. The Labute approximate surface area is 334 Å². The third-order valence-electron chi connectivity index (χ3n) is 10.1. The molecule has 5 heterocycles. The van der Waals surface area contributed by atoms with Gasteiger partial charge in [0.2, 0.25) is 5.91 Å². The molecule has 2 N–H and O–H groups in total. The molecule has 0 fully saturated rings. The number of nitrogens with one attached hydrogen (secondary N) is 2. The van der Waals surface area contributed by atoms with Crippen LogP contribution in [0.25, 0.3) is 21.6 Å². The third-order valence-corrected chi connectivity index (χ3v) is 12.4. The molecule has 9 rings (SSSR count). The second kappa shape index (κ2) is 15.1. The van der Waals surface area contributed by atoms with Crippen LogP contribution in [-0.2, 0) is 29.1 Å². The highest BCUT2D eigenvalue weighted by Gasteiger charge is 2.40. The zero-order valence-corrected chi connectivity index (χ0v) is 32.1. The summed E-state index contributed by atoms with van der Waals surface area (Å²) >= 11 is 4.21. The molecule has 2 atom stereocenters. The van der Waals surface area contributed by atoms with Crippen LogP contribution in [0.4, 0.5) is 10.3 Å². The molecule has 7 aromatic rings. The highest BCUT2D eigenvalue weighted by Crippen LogP contribution is 2.41. The predicted molar refractivity (Wildman–Crippen MR) is 220 cm³/mol. The third kappa shape index (κ3) is 6.80. The first-order valence-corrected chi connectivity index (χ1v) is 20.5. The maximum Gasteiger partial charge on any atom is 0.255 e. The zero-order valence-electron chi connectivity index (χ0n) is 29.6. The molecule has 4 aromatic carbocycles. The molecule has 4 amide bonds. The molecule has 0 unspecified atom stereocenters. The number of anilines is 2. The summed E-state index contributed by atoms with van der Waals surface area (Å²) in [4.78, 5) is 69.0. The normalized spacial score (nSPS) is 14.4. The van der Waals surface area contributed by atoms with Crippen molar-refractivity contribution in [2.45, 2.75) is 31.6 Å². The van der Waals surface area contributed by atoms with E-state index in [4.69, 9.17) is 0 Å². The summed E-state index contributed by atoms with van der Waals surface area (Å²) in [5.41, 5.74) is 6.92. The first-order valence-electron chi connectivity index (χ1n) is 17.9. The van der Waals surface area contributed by atoms with Crippen LogP contribution < -0.4 is 10.6 Å². The lowest BCUT2D eigenvalue weighted by Gasteiger charge is -2.27. The van der Waals surface area contributed by atoms with Gasteiger partial charge in [0.25, 0.3) is 17.7 Å². The van der Waals surface area contributed by atoms with Crippen LogP contribution in [-0.4, -0.2) is 49.4 Å². The molecule has 0 saturated heterocycles. The number of thiophene rings is 1. The van der Waals surface area contributed by atoms with Gasteiger partial charge in [0.15, 0.2) is 10.3 Å². The van der Waals surface area contributed by atoms with Crippen molar-refractivity contribution in [3.8, 4) is 21.6 Å². The fourth-order valence-corrected chi connectivity index (χ4v) is 9.26. The number of nitrogens with zero attached hydrogens (tertiary/aromatic N) is 4. The number of aromatic nitrogens is 2. The molecule has 3 aromatic heterocycles. The highest BCUT2D eigenvalue weighted by atomic mass is 32.1. The van der Waals surface area contributed by atoms with E-state index in [1.165, 1.54) is 22.7 Å². The van der Waals surface area contributed by atoms with Crippen LogP contribution in [0.3, 0.4) is 0 Å². The van der Waals surface area contributed by atoms with E-state index in [0.717, 1.165) is 38.3 Å². The number of amides is 4. The van der Waals surface area contributed by atoms with Crippen LogP contribution in [0.5, 0.6) is 0 Å². The van der Waals surface area contributed by atoms with E-state index in [9.17, 15) is 19.2 Å². The molecule has 0 radical (unpaired) electrons. The number of carbonyl (C=O) groups is 4. The number of rotatable bonds is 11. The molecule has 0 saturated carbocycles. The maximum atomic E-state index is 14.6. The van der Waals surface area contributed by atoms with E-state index >= 15 is 0 Å². The number of fused-ring (bicyclic) bond motifs is 2. The summed E-state index contributed by atoms with van der Waals surface area (Å²) in [6.45, 7) is 0.514. The fraction of sp³-hybridized carbons (Fsp3) is 0.116. The molecule has 276 valence electrons.